The van der Waals surface area contributed by atoms with Crippen LogP contribution >= 0.6 is 11.8 Å². The van der Waals surface area contributed by atoms with Gasteiger partial charge in [-0.3, -0.25) is 0 Å². The van der Waals surface area contributed by atoms with Crippen LogP contribution in [0, 0.1) is 0 Å². The number of hydrogen-bond donors (Lipinski definition) is 2. The Hall–Kier alpha value is -1.10. The van der Waals surface area contributed by atoms with Crippen molar-refractivity contribution < 1.29 is 4.74 Å². The number of nitrogens with one attached hydrogen (secondary N) is 1. The number of hydrogen-bond acceptors (Lipinski definition) is 5. The summed E-state index contributed by atoms with van der Waals surface area (Å²) >= 11 is 1.80. The molecule has 1 aromatic heterocycles. The Kier molecular flexibility index (Phi) is 4.55. The first kappa shape index (κ1) is 12.0. The van der Waals surface area contributed by atoms with Crippen molar-refractivity contribution in [1.82, 2.24) is 4.98 Å². The van der Waals surface area contributed by atoms with Crippen molar-refractivity contribution in [3.8, 4) is 5.88 Å². The summed E-state index contributed by atoms with van der Waals surface area (Å²) in [7, 11) is 1.59. The highest BCUT2D eigenvalue weighted by Gasteiger charge is 2.04. The van der Waals surface area contributed by atoms with E-state index in [1.165, 1.54) is 0 Å². The number of nitrogen functional groups attached to an aromatic ring is 1. The molecule has 0 fully saturated rings. The van der Waals surface area contributed by atoms with Crippen molar-refractivity contribution in [1.29, 1.82) is 0 Å². The predicted molar refractivity (Wildman–Crippen MR) is 66.7 cm³/mol. The van der Waals surface area contributed by atoms with Gasteiger partial charge >= 0.3 is 0 Å². The Morgan fingerprint density at radius 2 is 2.33 bits per heavy atom. The van der Waals surface area contributed by atoms with Crippen molar-refractivity contribution in [2.75, 3.05) is 31.0 Å². The van der Waals surface area contributed by atoms with Crippen LogP contribution in [0.15, 0.2) is 12.1 Å². The van der Waals surface area contributed by atoms with E-state index in [9.17, 15) is 0 Å². The van der Waals surface area contributed by atoms with Gasteiger partial charge in [-0.2, -0.15) is 16.7 Å². The van der Waals surface area contributed by atoms with Gasteiger partial charge in [-0.05, 0) is 12.3 Å². The van der Waals surface area contributed by atoms with E-state index in [-0.39, 0.29) is 0 Å². The number of rotatable bonds is 5. The Morgan fingerprint density at radius 3 is 2.93 bits per heavy atom. The summed E-state index contributed by atoms with van der Waals surface area (Å²) in [6.45, 7) is 2.99. The summed E-state index contributed by atoms with van der Waals surface area (Å²) < 4.78 is 5.03. The molecule has 0 saturated carbocycles. The van der Waals surface area contributed by atoms with Gasteiger partial charge in [-0.1, -0.05) is 6.92 Å². The lowest BCUT2D eigenvalue weighted by Crippen LogP contribution is -2.14. The third-order valence-corrected chi connectivity index (χ3v) is 3.04. The minimum Gasteiger partial charge on any atom is -0.481 e. The maximum Gasteiger partial charge on any atom is 0.215 e. The summed E-state index contributed by atoms with van der Waals surface area (Å²) in [6.07, 6.45) is 2.08. The molecule has 0 bridgehead atoms. The highest BCUT2D eigenvalue weighted by molar-refractivity contribution is 7.99. The van der Waals surface area contributed by atoms with Crippen LogP contribution in [0.4, 0.5) is 11.5 Å². The van der Waals surface area contributed by atoms with Crippen LogP contribution in [0.25, 0.3) is 0 Å². The smallest absolute Gasteiger partial charge is 0.215 e. The lowest BCUT2D eigenvalue weighted by molar-refractivity contribution is 0.398. The van der Waals surface area contributed by atoms with Crippen LogP contribution in [0.1, 0.15) is 6.92 Å². The molecule has 0 amide bonds. The van der Waals surface area contributed by atoms with E-state index in [0.717, 1.165) is 6.54 Å². The van der Waals surface area contributed by atoms with Crippen molar-refractivity contribution in [3.63, 3.8) is 0 Å². The molecular formula is C10H17N3OS. The molecule has 0 aliphatic heterocycles. The first-order valence-corrected chi connectivity index (χ1v) is 6.03. The van der Waals surface area contributed by atoms with Crippen LogP contribution < -0.4 is 15.8 Å². The van der Waals surface area contributed by atoms with Gasteiger partial charge in [-0.25, -0.2) is 0 Å². The Balaban J connectivity index is 2.66. The predicted octanol–water partition coefficient (Wildman–Crippen LogP) is 1.84. The Bertz CT molecular complexity index is 320. The fourth-order valence-corrected chi connectivity index (χ4v) is 1.28. The van der Waals surface area contributed by atoms with Crippen LogP contribution in [0.5, 0.6) is 5.88 Å². The molecule has 0 spiro atoms. The molecule has 15 heavy (non-hydrogen) atoms. The number of aromatic nitrogens is 1. The molecule has 1 atom stereocenters. The van der Waals surface area contributed by atoms with Crippen molar-refractivity contribution in [2.24, 2.45) is 0 Å². The molecule has 1 rings (SSSR count). The van der Waals surface area contributed by atoms with Gasteiger partial charge in [0.15, 0.2) is 5.82 Å². The van der Waals surface area contributed by atoms with Gasteiger partial charge in [0.1, 0.15) is 0 Å². The highest BCUT2D eigenvalue weighted by Crippen LogP contribution is 2.20. The van der Waals surface area contributed by atoms with Crippen molar-refractivity contribution >= 4 is 23.3 Å². The second-order valence-electron chi connectivity index (χ2n) is 3.22. The van der Waals surface area contributed by atoms with Gasteiger partial charge in [0, 0.05) is 17.9 Å². The summed E-state index contributed by atoms with van der Waals surface area (Å²) in [4.78, 5) is 4.23. The fourth-order valence-electron chi connectivity index (χ4n) is 1.03. The molecule has 3 N–H and O–H groups in total. The van der Waals surface area contributed by atoms with E-state index in [0.29, 0.717) is 22.6 Å². The maximum absolute atomic E-state index is 5.78. The van der Waals surface area contributed by atoms with E-state index in [2.05, 4.69) is 23.5 Å². The third kappa shape index (κ3) is 3.51. The lowest BCUT2D eigenvalue weighted by atomic mass is 10.3. The first-order valence-electron chi connectivity index (χ1n) is 4.74. The number of pyridine rings is 1. The quantitative estimate of drug-likeness (QED) is 0.803. The number of anilines is 2. The molecule has 0 saturated heterocycles. The first-order chi connectivity index (χ1) is 7.17. The molecule has 1 unspecified atom stereocenters. The molecule has 4 nitrogen and oxygen atoms in total. The van der Waals surface area contributed by atoms with Crippen LogP contribution in [-0.4, -0.2) is 30.1 Å². The normalized spacial score (nSPS) is 12.2. The van der Waals surface area contributed by atoms with Gasteiger partial charge < -0.3 is 15.8 Å². The number of methoxy groups -OCH3 is 1. The zero-order valence-electron chi connectivity index (χ0n) is 9.28. The van der Waals surface area contributed by atoms with Gasteiger partial charge in [0.2, 0.25) is 5.88 Å². The van der Waals surface area contributed by atoms with E-state index >= 15 is 0 Å². The monoisotopic (exact) mass is 227 g/mol. The highest BCUT2D eigenvalue weighted by atomic mass is 32.2. The van der Waals surface area contributed by atoms with Crippen LogP contribution in [0.2, 0.25) is 0 Å². The molecular weight excluding hydrogens is 210 g/mol. The van der Waals surface area contributed by atoms with Gasteiger partial charge in [0.25, 0.3) is 0 Å². The molecule has 0 aliphatic rings. The SMILES string of the molecule is COc1ccc(N)c(NCC(C)SC)n1. The van der Waals surface area contributed by atoms with E-state index in [1.54, 1.807) is 31.0 Å². The number of nitrogens with two attached hydrogens (primary N) is 1. The third-order valence-electron chi connectivity index (χ3n) is 2.07. The van der Waals surface area contributed by atoms with E-state index < -0.39 is 0 Å². The molecule has 0 aromatic carbocycles. The molecule has 0 aliphatic carbocycles. The number of ether oxygens (including phenoxy) is 1. The Morgan fingerprint density at radius 1 is 1.60 bits per heavy atom. The minimum atomic E-state index is 0.525. The topological polar surface area (TPSA) is 60.2 Å². The average Bonchev–Trinajstić information content (AvgIpc) is 2.27. The summed E-state index contributed by atoms with van der Waals surface area (Å²) in [5, 5.41) is 3.73. The standard InChI is InChI=1S/C10H17N3OS/c1-7(15-3)6-12-10-8(11)4-5-9(13-10)14-2/h4-5,7H,6,11H2,1-3H3,(H,12,13). The number of nitrogens with zero attached hydrogens (tertiary/aromatic N) is 1. The second kappa shape index (κ2) is 5.70. The zero-order chi connectivity index (χ0) is 11.3. The molecule has 5 heteroatoms. The second-order valence-corrected chi connectivity index (χ2v) is 4.49. The maximum atomic E-state index is 5.78. The minimum absolute atomic E-state index is 0.525. The largest absolute Gasteiger partial charge is 0.481 e. The fraction of sp³-hybridized carbons (Fsp3) is 0.500. The summed E-state index contributed by atoms with van der Waals surface area (Å²) in [5.41, 5.74) is 6.43. The van der Waals surface area contributed by atoms with Crippen LogP contribution in [-0.2, 0) is 0 Å². The van der Waals surface area contributed by atoms with Crippen molar-refractivity contribution in [2.45, 2.75) is 12.2 Å². The molecule has 1 heterocycles. The number of thioether (sulfide) groups is 1. The average molecular weight is 227 g/mol. The molecule has 84 valence electrons. The summed E-state index contributed by atoms with van der Waals surface area (Å²) in [5.74, 6) is 1.26. The van der Waals surface area contributed by atoms with E-state index in [4.69, 9.17) is 10.5 Å². The Labute approximate surface area is 94.6 Å². The van der Waals surface area contributed by atoms with Crippen molar-refractivity contribution in [3.05, 3.63) is 12.1 Å². The van der Waals surface area contributed by atoms with E-state index in [1.807, 2.05) is 0 Å². The molecule has 1 aromatic rings. The zero-order valence-corrected chi connectivity index (χ0v) is 10.1. The summed E-state index contributed by atoms with van der Waals surface area (Å²) in [6, 6.07) is 3.54. The molecule has 0 radical (unpaired) electrons. The van der Waals surface area contributed by atoms with Gasteiger partial charge in [0.05, 0.1) is 12.8 Å². The van der Waals surface area contributed by atoms with Gasteiger partial charge in [-0.15, -0.1) is 0 Å². The van der Waals surface area contributed by atoms with Crippen LogP contribution in [0.3, 0.4) is 0 Å². The lowest BCUT2D eigenvalue weighted by Gasteiger charge is -2.12.